The molecule has 4 aromatic rings. The predicted octanol–water partition coefficient (Wildman–Crippen LogP) is 7.49. The van der Waals surface area contributed by atoms with Crippen LogP contribution in [0.4, 0.5) is 13.2 Å². The minimum atomic E-state index is -4.84. The summed E-state index contributed by atoms with van der Waals surface area (Å²) in [6, 6.07) is 18.7. The maximum Gasteiger partial charge on any atom is 0.434 e. The Morgan fingerprint density at radius 1 is 1.11 bits per heavy atom. The van der Waals surface area contributed by atoms with Gasteiger partial charge in [0.1, 0.15) is 5.56 Å². The maximum absolute atomic E-state index is 14.0. The molecule has 0 N–H and O–H groups in total. The van der Waals surface area contributed by atoms with Gasteiger partial charge < -0.3 is 4.74 Å². The number of halogens is 4. The highest BCUT2D eigenvalue weighted by Crippen LogP contribution is 2.36. The molecular formula is C26H21BrF3N3O2S. The third-order valence-electron chi connectivity index (χ3n) is 5.20. The Balaban J connectivity index is 1.73. The summed E-state index contributed by atoms with van der Waals surface area (Å²) in [4.78, 5) is 17.6. The summed E-state index contributed by atoms with van der Waals surface area (Å²) in [5.74, 6) is -0.429. The highest BCUT2D eigenvalue weighted by atomic mass is 79.9. The van der Waals surface area contributed by atoms with Gasteiger partial charge >= 0.3 is 12.1 Å². The Kier molecular flexibility index (Phi) is 7.85. The number of pyridine rings is 1. The van der Waals surface area contributed by atoms with E-state index in [0.29, 0.717) is 16.1 Å². The molecule has 0 saturated carbocycles. The number of carbonyl (C=O) groups is 1. The zero-order valence-corrected chi connectivity index (χ0v) is 21.7. The van der Waals surface area contributed by atoms with Crippen LogP contribution in [0.25, 0.3) is 17.1 Å². The van der Waals surface area contributed by atoms with E-state index in [1.807, 2.05) is 49.4 Å². The van der Waals surface area contributed by atoms with Gasteiger partial charge in [-0.2, -0.15) is 18.3 Å². The van der Waals surface area contributed by atoms with Gasteiger partial charge in [0, 0.05) is 20.7 Å². The van der Waals surface area contributed by atoms with Gasteiger partial charge in [0.05, 0.1) is 18.5 Å². The number of thioether (sulfide) groups is 1. The number of hydrogen-bond donors (Lipinski definition) is 0. The van der Waals surface area contributed by atoms with E-state index >= 15 is 0 Å². The lowest BCUT2D eigenvalue weighted by atomic mass is 10.1. The second kappa shape index (κ2) is 10.9. The molecule has 0 aliphatic carbocycles. The molecule has 186 valence electrons. The monoisotopic (exact) mass is 575 g/mol. The first kappa shape index (κ1) is 26.0. The number of nitrogens with zero attached hydrogens (tertiary/aromatic N) is 3. The van der Waals surface area contributed by atoms with Crippen molar-refractivity contribution in [1.29, 1.82) is 0 Å². The van der Waals surface area contributed by atoms with Gasteiger partial charge in [0.25, 0.3) is 0 Å². The third-order valence-corrected chi connectivity index (χ3v) is 6.88. The molecule has 0 amide bonds. The number of aromatic nitrogens is 3. The molecule has 10 heteroatoms. The largest absolute Gasteiger partial charge is 0.462 e. The van der Waals surface area contributed by atoms with E-state index in [-0.39, 0.29) is 12.4 Å². The van der Waals surface area contributed by atoms with E-state index in [0.717, 1.165) is 32.3 Å². The normalized spacial score (nSPS) is 11.5. The summed E-state index contributed by atoms with van der Waals surface area (Å²) >= 11 is 5.05. The van der Waals surface area contributed by atoms with Crippen molar-refractivity contribution < 1.29 is 22.7 Å². The van der Waals surface area contributed by atoms with Gasteiger partial charge in [0.15, 0.2) is 11.5 Å². The number of aryl methyl sites for hydroxylation is 1. The lowest BCUT2D eigenvalue weighted by Crippen LogP contribution is -2.19. The van der Waals surface area contributed by atoms with E-state index in [2.05, 4.69) is 26.0 Å². The lowest BCUT2D eigenvalue weighted by Gasteiger charge is -2.14. The van der Waals surface area contributed by atoms with Gasteiger partial charge in [-0.25, -0.2) is 14.5 Å². The lowest BCUT2D eigenvalue weighted by molar-refractivity contribution is -0.143. The first-order valence-electron chi connectivity index (χ1n) is 11.0. The third kappa shape index (κ3) is 5.82. The van der Waals surface area contributed by atoms with Crippen molar-refractivity contribution in [2.45, 2.75) is 30.7 Å². The van der Waals surface area contributed by atoms with Crippen LogP contribution in [-0.2, 0) is 16.7 Å². The van der Waals surface area contributed by atoms with Crippen LogP contribution in [0.1, 0.15) is 34.1 Å². The van der Waals surface area contributed by atoms with Crippen LogP contribution in [0, 0.1) is 6.92 Å². The molecule has 0 saturated heterocycles. The molecule has 2 heterocycles. The molecule has 5 nitrogen and oxygen atoms in total. The molecule has 0 bridgehead atoms. The molecule has 2 aromatic heterocycles. The summed E-state index contributed by atoms with van der Waals surface area (Å²) < 4.78 is 48.3. The highest BCUT2D eigenvalue weighted by Gasteiger charge is 2.41. The standard InChI is InChI=1S/C26H21BrF3N3O2S/c1-3-35-25(34)20-14-31-33(24(20)26(28,29)30)23-6-4-5-21(32-23)19-13-16(2)7-12-22(19)36-15-17-8-10-18(27)11-9-17/h4-14H,3,15H2,1-2H3. The summed E-state index contributed by atoms with van der Waals surface area (Å²) in [5, 5.41) is 3.84. The van der Waals surface area contributed by atoms with Gasteiger partial charge in [-0.05, 0) is 55.8 Å². The zero-order valence-electron chi connectivity index (χ0n) is 19.3. The maximum atomic E-state index is 14.0. The molecule has 2 aromatic carbocycles. The average Bonchev–Trinajstić information content (AvgIpc) is 3.31. The Morgan fingerprint density at radius 2 is 1.86 bits per heavy atom. The van der Waals surface area contributed by atoms with Crippen LogP contribution < -0.4 is 0 Å². The van der Waals surface area contributed by atoms with Gasteiger partial charge in [0.2, 0.25) is 0 Å². The van der Waals surface area contributed by atoms with Crippen molar-refractivity contribution in [2.24, 2.45) is 0 Å². The van der Waals surface area contributed by atoms with E-state index in [1.54, 1.807) is 23.9 Å². The highest BCUT2D eigenvalue weighted by molar-refractivity contribution is 9.10. The summed E-state index contributed by atoms with van der Waals surface area (Å²) in [6.07, 6.45) is -3.98. The molecule has 0 fully saturated rings. The summed E-state index contributed by atoms with van der Waals surface area (Å²) in [7, 11) is 0. The fourth-order valence-electron chi connectivity index (χ4n) is 3.56. The number of carbonyl (C=O) groups excluding carboxylic acids is 1. The van der Waals surface area contributed by atoms with Gasteiger partial charge in [-0.15, -0.1) is 11.8 Å². The average molecular weight is 576 g/mol. The molecule has 0 atom stereocenters. The van der Waals surface area contributed by atoms with Crippen molar-refractivity contribution in [3.05, 3.63) is 93.7 Å². The minimum Gasteiger partial charge on any atom is -0.462 e. The number of benzene rings is 2. The first-order valence-corrected chi connectivity index (χ1v) is 12.7. The van der Waals surface area contributed by atoms with Crippen LogP contribution in [0.3, 0.4) is 0 Å². The zero-order chi connectivity index (χ0) is 25.9. The Labute approximate surface area is 218 Å². The Hall–Kier alpha value is -3.11. The number of rotatable bonds is 7. The summed E-state index contributed by atoms with van der Waals surface area (Å²) in [6.45, 7) is 3.41. The molecule has 0 aliphatic heterocycles. The predicted molar refractivity (Wildman–Crippen MR) is 136 cm³/mol. The van der Waals surface area contributed by atoms with Crippen molar-refractivity contribution in [2.75, 3.05) is 6.61 Å². The van der Waals surface area contributed by atoms with Crippen molar-refractivity contribution >= 4 is 33.7 Å². The quantitative estimate of drug-likeness (QED) is 0.169. The van der Waals surface area contributed by atoms with Crippen LogP contribution in [0.5, 0.6) is 0 Å². The second-order valence-corrected chi connectivity index (χ2v) is 9.77. The topological polar surface area (TPSA) is 57.0 Å². The van der Waals surface area contributed by atoms with Gasteiger partial charge in [-0.3, -0.25) is 0 Å². The van der Waals surface area contributed by atoms with Crippen molar-refractivity contribution in [1.82, 2.24) is 14.8 Å². The van der Waals surface area contributed by atoms with Crippen molar-refractivity contribution in [3.63, 3.8) is 0 Å². The number of esters is 1. The fourth-order valence-corrected chi connectivity index (χ4v) is 4.82. The van der Waals surface area contributed by atoms with E-state index in [4.69, 9.17) is 4.74 Å². The Bertz CT molecular complexity index is 1390. The van der Waals surface area contributed by atoms with Crippen molar-refractivity contribution in [3.8, 4) is 17.1 Å². The van der Waals surface area contributed by atoms with Gasteiger partial charge in [-0.1, -0.05) is 45.8 Å². The minimum absolute atomic E-state index is 0.0525. The summed E-state index contributed by atoms with van der Waals surface area (Å²) in [5.41, 5.74) is 1.54. The fraction of sp³-hybridized carbons (Fsp3) is 0.192. The van der Waals surface area contributed by atoms with Crippen LogP contribution in [0.2, 0.25) is 0 Å². The Morgan fingerprint density at radius 3 is 2.56 bits per heavy atom. The molecule has 0 radical (unpaired) electrons. The SMILES string of the molecule is CCOC(=O)c1cnn(-c2cccc(-c3cc(C)ccc3SCc3ccc(Br)cc3)n2)c1C(F)(F)F. The van der Waals surface area contributed by atoms with Crippen LogP contribution in [-0.4, -0.2) is 27.3 Å². The van der Waals surface area contributed by atoms with E-state index in [1.165, 1.54) is 13.0 Å². The molecule has 0 spiro atoms. The first-order chi connectivity index (χ1) is 17.2. The number of ether oxygens (including phenoxy) is 1. The molecule has 0 unspecified atom stereocenters. The van der Waals surface area contributed by atoms with Crippen LogP contribution >= 0.6 is 27.7 Å². The smallest absolute Gasteiger partial charge is 0.434 e. The van der Waals surface area contributed by atoms with Crippen LogP contribution in [0.15, 0.2) is 76.2 Å². The molecule has 4 rings (SSSR count). The number of alkyl halides is 3. The van der Waals surface area contributed by atoms with E-state index in [9.17, 15) is 18.0 Å². The molecule has 0 aliphatic rings. The molecule has 36 heavy (non-hydrogen) atoms. The number of hydrogen-bond acceptors (Lipinski definition) is 5. The van der Waals surface area contributed by atoms with E-state index < -0.39 is 23.4 Å². The molecular weight excluding hydrogens is 555 g/mol. The second-order valence-electron chi connectivity index (χ2n) is 7.83.